The zero-order valence-corrected chi connectivity index (χ0v) is 14.8. The number of ether oxygens (including phenoxy) is 1. The number of fused-ring (bicyclic) bond motifs is 1. The second kappa shape index (κ2) is 7.30. The average Bonchev–Trinajstić information content (AvgIpc) is 3.00. The first-order valence-electron chi connectivity index (χ1n) is 8.46. The Labute approximate surface area is 153 Å². The van der Waals surface area contributed by atoms with Crippen molar-refractivity contribution in [1.29, 1.82) is 0 Å². The van der Waals surface area contributed by atoms with E-state index in [9.17, 15) is 18.0 Å². The molecule has 3 rings (SSSR count). The highest BCUT2D eigenvalue weighted by Crippen LogP contribution is 2.30. The van der Waals surface area contributed by atoms with E-state index in [4.69, 9.17) is 4.74 Å². The van der Waals surface area contributed by atoms with Gasteiger partial charge in [-0.2, -0.15) is 13.2 Å². The Bertz CT molecular complexity index is 980. The van der Waals surface area contributed by atoms with Gasteiger partial charge in [0.2, 0.25) is 0 Å². The number of aromatic nitrogens is 2. The molecule has 2 heterocycles. The summed E-state index contributed by atoms with van der Waals surface area (Å²) in [5.74, 6) is -0.0676. The molecule has 5 nitrogen and oxygen atoms in total. The van der Waals surface area contributed by atoms with Crippen LogP contribution in [-0.2, 0) is 12.6 Å². The lowest BCUT2D eigenvalue weighted by molar-refractivity contribution is -0.137. The Kier molecular flexibility index (Phi) is 5.07. The fourth-order valence-electron chi connectivity index (χ4n) is 2.78. The number of nitrogens with one attached hydrogen (secondary N) is 1. The Morgan fingerprint density at radius 1 is 1.19 bits per heavy atom. The molecule has 0 radical (unpaired) electrons. The third-order valence-corrected chi connectivity index (χ3v) is 4.00. The number of para-hydroxylation sites is 2. The number of anilines is 1. The molecule has 0 aliphatic carbocycles. The molecule has 0 fully saturated rings. The van der Waals surface area contributed by atoms with Crippen molar-refractivity contribution >= 4 is 17.2 Å². The van der Waals surface area contributed by atoms with Crippen molar-refractivity contribution < 1.29 is 22.7 Å². The van der Waals surface area contributed by atoms with Gasteiger partial charge in [0.05, 0.1) is 23.6 Å². The first-order valence-corrected chi connectivity index (χ1v) is 8.46. The first kappa shape index (κ1) is 18.8. The number of amides is 1. The minimum absolute atomic E-state index is 0.0740. The highest BCUT2D eigenvalue weighted by Gasteiger charge is 2.32. The summed E-state index contributed by atoms with van der Waals surface area (Å²) >= 11 is 0. The van der Waals surface area contributed by atoms with Crippen molar-refractivity contribution in [2.24, 2.45) is 0 Å². The summed E-state index contributed by atoms with van der Waals surface area (Å²) in [5, 5.41) is 2.72. The van der Waals surface area contributed by atoms with Crippen molar-refractivity contribution in [3.05, 3.63) is 59.5 Å². The third-order valence-electron chi connectivity index (χ3n) is 4.00. The van der Waals surface area contributed by atoms with Gasteiger partial charge in [0, 0.05) is 6.20 Å². The van der Waals surface area contributed by atoms with E-state index in [1.807, 2.05) is 6.92 Å². The standard InChI is InChI=1S/C19H18F3N3O2/c1-3-13-17(18(26)24-14-7-5-6-8-15(14)27-4-2)25-11-12(19(20,21)22)9-10-16(25)23-13/h5-11H,3-4H2,1-2H3,(H,24,26). The fourth-order valence-corrected chi connectivity index (χ4v) is 2.78. The Balaban J connectivity index is 2.05. The van der Waals surface area contributed by atoms with E-state index in [2.05, 4.69) is 10.3 Å². The lowest BCUT2D eigenvalue weighted by atomic mass is 10.2. The number of benzene rings is 1. The van der Waals surface area contributed by atoms with Crippen LogP contribution in [0.25, 0.3) is 5.65 Å². The lowest BCUT2D eigenvalue weighted by Crippen LogP contribution is -2.17. The number of rotatable bonds is 5. The molecule has 27 heavy (non-hydrogen) atoms. The van der Waals surface area contributed by atoms with Gasteiger partial charge in [-0.15, -0.1) is 0 Å². The highest BCUT2D eigenvalue weighted by atomic mass is 19.4. The largest absolute Gasteiger partial charge is 0.492 e. The van der Waals surface area contributed by atoms with Gasteiger partial charge < -0.3 is 10.1 Å². The van der Waals surface area contributed by atoms with E-state index < -0.39 is 17.6 Å². The molecule has 0 atom stereocenters. The molecule has 3 aromatic rings. The lowest BCUT2D eigenvalue weighted by Gasteiger charge is -2.12. The summed E-state index contributed by atoms with van der Waals surface area (Å²) in [4.78, 5) is 17.2. The van der Waals surface area contributed by atoms with Gasteiger partial charge in [0.25, 0.3) is 5.91 Å². The monoisotopic (exact) mass is 377 g/mol. The maximum atomic E-state index is 13.1. The quantitative estimate of drug-likeness (QED) is 0.709. The number of pyridine rings is 1. The van der Waals surface area contributed by atoms with E-state index in [1.54, 1.807) is 31.2 Å². The molecule has 8 heteroatoms. The van der Waals surface area contributed by atoms with Crippen LogP contribution in [0.5, 0.6) is 5.75 Å². The normalized spacial score (nSPS) is 11.6. The molecular formula is C19H18F3N3O2. The average molecular weight is 377 g/mol. The minimum atomic E-state index is -4.51. The van der Waals surface area contributed by atoms with Crippen molar-refractivity contribution in [1.82, 2.24) is 9.38 Å². The van der Waals surface area contributed by atoms with Crippen molar-refractivity contribution in [3.8, 4) is 5.75 Å². The highest BCUT2D eigenvalue weighted by molar-refractivity contribution is 6.05. The zero-order valence-electron chi connectivity index (χ0n) is 14.8. The van der Waals surface area contributed by atoms with E-state index in [-0.39, 0.29) is 11.3 Å². The SMILES string of the molecule is CCOc1ccccc1NC(=O)c1c(CC)nc2ccc(C(F)(F)F)cn12. The number of alkyl halides is 3. The van der Waals surface area contributed by atoms with Crippen LogP contribution in [0.4, 0.5) is 18.9 Å². The predicted molar refractivity (Wildman–Crippen MR) is 95.1 cm³/mol. The molecule has 2 aromatic heterocycles. The number of nitrogens with zero attached hydrogens (tertiary/aromatic N) is 2. The predicted octanol–water partition coefficient (Wildman–Crippen LogP) is 4.57. The smallest absolute Gasteiger partial charge is 0.417 e. The van der Waals surface area contributed by atoms with Gasteiger partial charge in [-0.25, -0.2) is 4.98 Å². The fraction of sp³-hybridized carbons (Fsp3) is 0.263. The van der Waals surface area contributed by atoms with Crippen LogP contribution < -0.4 is 10.1 Å². The van der Waals surface area contributed by atoms with Crippen molar-refractivity contribution in [2.75, 3.05) is 11.9 Å². The molecule has 0 unspecified atom stereocenters. The van der Waals surface area contributed by atoms with Crippen LogP contribution in [0.3, 0.4) is 0 Å². The molecule has 142 valence electrons. The molecule has 0 bridgehead atoms. The van der Waals surface area contributed by atoms with Crippen LogP contribution in [0.15, 0.2) is 42.6 Å². The number of hydrogen-bond donors (Lipinski definition) is 1. The molecule has 1 aromatic carbocycles. The van der Waals surface area contributed by atoms with Gasteiger partial charge in [-0.3, -0.25) is 9.20 Å². The summed E-state index contributed by atoms with van der Waals surface area (Å²) in [5.41, 5.74) is 0.362. The second-order valence-electron chi connectivity index (χ2n) is 5.79. The topological polar surface area (TPSA) is 55.6 Å². The van der Waals surface area contributed by atoms with Crippen LogP contribution in [-0.4, -0.2) is 21.9 Å². The summed E-state index contributed by atoms with van der Waals surface area (Å²) < 4.78 is 45.9. The number of halogens is 3. The van der Waals surface area contributed by atoms with Gasteiger partial charge in [-0.1, -0.05) is 19.1 Å². The molecule has 1 N–H and O–H groups in total. The third kappa shape index (κ3) is 3.74. The van der Waals surface area contributed by atoms with Crippen LogP contribution in [0.1, 0.15) is 35.6 Å². The van der Waals surface area contributed by atoms with E-state index in [0.717, 1.165) is 12.3 Å². The molecule has 0 aliphatic rings. The number of aryl methyl sites for hydroxylation is 1. The molecular weight excluding hydrogens is 359 g/mol. The van der Waals surface area contributed by atoms with Gasteiger partial charge in [-0.05, 0) is 37.6 Å². The Morgan fingerprint density at radius 2 is 1.93 bits per heavy atom. The van der Waals surface area contributed by atoms with Crippen LogP contribution in [0, 0.1) is 0 Å². The van der Waals surface area contributed by atoms with Gasteiger partial charge in [0.15, 0.2) is 0 Å². The van der Waals surface area contributed by atoms with E-state index in [1.165, 1.54) is 10.5 Å². The summed E-state index contributed by atoms with van der Waals surface area (Å²) in [6, 6.07) is 9.08. The Morgan fingerprint density at radius 3 is 2.59 bits per heavy atom. The minimum Gasteiger partial charge on any atom is -0.492 e. The summed E-state index contributed by atoms with van der Waals surface area (Å²) in [7, 11) is 0. The van der Waals surface area contributed by atoms with Crippen molar-refractivity contribution in [3.63, 3.8) is 0 Å². The molecule has 0 spiro atoms. The zero-order chi connectivity index (χ0) is 19.6. The number of carbonyl (C=O) groups excluding carboxylic acids is 1. The summed E-state index contributed by atoms with van der Waals surface area (Å²) in [6.07, 6.45) is -3.22. The molecule has 0 saturated carbocycles. The molecule has 0 saturated heterocycles. The van der Waals surface area contributed by atoms with E-state index in [0.29, 0.717) is 30.2 Å². The maximum Gasteiger partial charge on any atom is 0.417 e. The molecule has 1 amide bonds. The van der Waals surface area contributed by atoms with Gasteiger partial charge in [0.1, 0.15) is 17.1 Å². The van der Waals surface area contributed by atoms with Gasteiger partial charge >= 0.3 is 6.18 Å². The first-order chi connectivity index (χ1) is 12.8. The number of imidazole rings is 1. The van der Waals surface area contributed by atoms with Crippen LogP contribution >= 0.6 is 0 Å². The maximum absolute atomic E-state index is 13.1. The summed E-state index contributed by atoms with van der Waals surface area (Å²) in [6.45, 7) is 4.02. The second-order valence-corrected chi connectivity index (χ2v) is 5.79. The molecule has 0 aliphatic heterocycles. The van der Waals surface area contributed by atoms with Crippen molar-refractivity contribution in [2.45, 2.75) is 26.4 Å². The number of carbonyl (C=O) groups is 1. The van der Waals surface area contributed by atoms with E-state index >= 15 is 0 Å². The number of hydrogen-bond acceptors (Lipinski definition) is 3. The Hall–Kier alpha value is -3.03. The van der Waals surface area contributed by atoms with Crippen LogP contribution in [0.2, 0.25) is 0 Å².